The molecule has 0 unspecified atom stereocenters. The van der Waals surface area contributed by atoms with E-state index in [1.54, 1.807) is 6.07 Å². The van der Waals surface area contributed by atoms with Crippen molar-refractivity contribution in [3.05, 3.63) is 28.2 Å². The van der Waals surface area contributed by atoms with Gasteiger partial charge in [-0.1, -0.05) is 28.4 Å². The van der Waals surface area contributed by atoms with E-state index in [4.69, 9.17) is 0 Å². The molecule has 0 radical (unpaired) electrons. The Balaban J connectivity index is 2.18. The quantitative estimate of drug-likeness (QED) is 0.925. The third-order valence-corrected chi connectivity index (χ3v) is 5.11. The lowest BCUT2D eigenvalue weighted by molar-refractivity contribution is 0.349. The van der Waals surface area contributed by atoms with Crippen LogP contribution in [0.4, 0.5) is 5.69 Å². The standard InChI is InChI=1S/C12H17BrN2O2S/c1-10-5-6-11(13)9-12(10)14-18(16,17)15-7-3-2-4-8-15/h5-6,9,14H,2-4,7-8H2,1H3. The van der Waals surface area contributed by atoms with Gasteiger partial charge in [-0.05, 0) is 37.5 Å². The van der Waals surface area contributed by atoms with E-state index in [1.807, 2.05) is 19.1 Å². The van der Waals surface area contributed by atoms with Crippen LogP contribution < -0.4 is 4.72 Å². The largest absolute Gasteiger partial charge is 0.301 e. The van der Waals surface area contributed by atoms with Gasteiger partial charge in [0.15, 0.2) is 0 Å². The molecule has 1 heterocycles. The first-order valence-corrected chi connectivity index (χ1v) is 8.26. The Morgan fingerprint density at radius 1 is 1.22 bits per heavy atom. The number of nitrogens with one attached hydrogen (secondary N) is 1. The second-order valence-corrected chi connectivity index (χ2v) is 7.11. The molecule has 0 spiro atoms. The molecule has 1 saturated heterocycles. The summed E-state index contributed by atoms with van der Waals surface area (Å²) in [5, 5.41) is 0. The van der Waals surface area contributed by atoms with Crippen molar-refractivity contribution in [1.82, 2.24) is 4.31 Å². The molecule has 1 fully saturated rings. The number of hydrogen-bond acceptors (Lipinski definition) is 2. The van der Waals surface area contributed by atoms with Crippen molar-refractivity contribution in [3.8, 4) is 0 Å². The number of halogens is 1. The fourth-order valence-corrected chi connectivity index (χ4v) is 3.74. The van der Waals surface area contributed by atoms with E-state index in [-0.39, 0.29) is 0 Å². The lowest BCUT2D eigenvalue weighted by atomic mass is 10.2. The van der Waals surface area contributed by atoms with E-state index < -0.39 is 10.2 Å². The first kappa shape index (κ1) is 13.8. The molecule has 1 N–H and O–H groups in total. The van der Waals surface area contributed by atoms with E-state index in [2.05, 4.69) is 20.7 Å². The summed E-state index contributed by atoms with van der Waals surface area (Å²) >= 11 is 3.35. The van der Waals surface area contributed by atoms with Gasteiger partial charge in [0.05, 0.1) is 5.69 Å². The fraction of sp³-hybridized carbons (Fsp3) is 0.500. The molecule has 0 amide bonds. The summed E-state index contributed by atoms with van der Waals surface area (Å²) in [6.45, 7) is 3.12. The number of piperidine rings is 1. The molecule has 1 aliphatic rings. The molecular formula is C12H17BrN2O2S. The summed E-state index contributed by atoms with van der Waals surface area (Å²) in [6, 6.07) is 5.57. The van der Waals surface area contributed by atoms with Crippen LogP contribution in [0.25, 0.3) is 0 Å². The molecule has 2 rings (SSSR count). The maximum atomic E-state index is 12.2. The van der Waals surface area contributed by atoms with Crippen molar-refractivity contribution in [3.63, 3.8) is 0 Å². The van der Waals surface area contributed by atoms with E-state index in [0.29, 0.717) is 18.8 Å². The van der Waals surface area contributed by atoms with Crippen LogP contribution in [0.3, 0.4) is 0 Å². The topological polar surface area (TPSA) is 49.4 Å². The molecule has 0 saturated carbocycles. The highest BCUT2D eigenvalue weighted by Crippen LogP contribution is 2.23. The van der Waals surface area contributed by atoms with E-state index in [0.717, 1.165) is 29.3 Å². The van der Waals surface area contributed by atoms with Crippen LogP contribution in [0.2, 0.25) is 0 Å². The molecule has 0 aromatic heterocycles. The van der Waals surface area contributed by atoms with E-state index >= 15 is 0 Å². The number of nitrogens with zero attached hydrogens (tertiary/aromatic N) is 1. The Bertz CT molecular complexity index is 525. The molecule has 1 aromatic carbocycles. The number of benzene rings is 1. The Hall–Kier alpha value is -0.590. The Labute approximate surface area is 117 Å². The normalized spacial score (nSPS) is 17.7. The van der Waals surface area contributed by atoms with Crippen LogP contribution in [-0.2, 0) is 10.2 Å². The predicted octanol–water partition coefficient (Wildman–Crippen LogP) is 2.90. The summed E-state index contributed by atoms with van der Waals surface area (Å²) in [7, 11) is -3.41. The summed E-state index contributed by atoms with van der Waals surface area (Å²) in [6.07, 6.45) is 3.00. The van der Waals surface area contributed by atoms with Gasteiger partial charge in [-0.25, -0.2) is 0 Å². The molecule has 0 bridgehead atoms. The fourth-order valence-electron chi connectivity index (χ4n) is 2.01. The SMILES string of the molecule is Cc1ccc(Br)cc1NS(=O)(=O)N1CCCCC1. The van der Waals surface area contributed by atoms with Crippen LogP contribution in [0.15, 0.2) is 22.7 Å². The van der Waals surface area contributed by atoms with Gasteiger partial charge in [-0.3, -0.25) is 4.72 Å². The second kappa shape index (κ2) is 5.59. The highest BCUT2D eigenvalue weighted by atomic mass is 79.9. The Morgan fingerprint density at radius 2 is 1.89 bits per heavy atom. The van der Waals surface area contributed by atoms with Gasteiger partial charge >= 0.3 is 10.2 Å². The van der Waals surface area contributed by atoms with Crippen LogP contribution in [0.1, 0.15) is 24.8 Å². The monoisotopic (exact) mass is 332 g/mol. The number of hydrogen-bond donors (Lipinski definition) is 1. The molecule has 1 aliphatic heterocycles. The van der Waals surface area contributed by atoms with Crippen LogP contribution in [0.5, 0.6) is 0 Å². The third-order valence-electron chi connectivity index (χ3n) is 3.09. The number of anilines is 1. The molecule has 4 nitrogen and oxygen atoms in total. The molecule has 100 valence electrons. The zero-order valence-corrected chi connectivity index (χ0v) is 12.7. The van der Waals surface area contributed by atoms with Gasteiger partial charge in [0.25, 0.3) is 0 Å². The Morgan fingerprint density at radius 3 is 2.56 bits per heavy atom. The minimum atomic E-state index is -3.41. The van der Waals surface area contributed by atoms with Crippen LogP contribution >= 0.6 is 15.9 Å². The molecule has 0 atom stereocenters. The molecular weight excluding hydrogens is 316 g/mol. The van der Waals surface area contributed by atoms with Crippen LogP contribution in [-0.4, -0.2) is 25.8 Å². The zero-order valence-electron chi connectivity index (χ0n) is 10.3. The van der Waals surface area contributed by atoms with Gasteiger partial charge in [-0.2, -0.15) is 12.7 Å². The van der Waals surface area contributed by atoms with Crippen molar-refractivity contribution >= 4 is 31.8 Å². The van der Waals surface area contributed by atoms with Gasteiger partial charge in [-0.15, -0.1) is 0 Å². The number of rotatable bonds is 3. The van der Waals surface area contributed by atoms with E-state index in [1.165, 1.54) is 4.31 Å². The molecule has 0 aliphatic carbocycles. The van der Waals surface area contributed by atoms with Crippen LogP contribution in [0, 0.1) is 6.92 Å². The van der Waals surface area contributed by atoms with Gasteiger partial charge < -0.3 is 0 Å². The first-order valence-electron chi connectivity index (χ1n) is 6.03. The average molecular weight is 333 g/mol. The van der Waals surface area contributed by atoms with Crippen molar-refractivity contribution in [1.29, 1.82) is 0 Å². The summed E-state index contributed by atoms with van der Waals surface area (Å²) in [5.74, 6) is 0. The average Bonchev–Trinajstić information content (AvgIpc) is 2.35. The molecule has 18 heavy (non-hydrogen) atoms. The van der Waals surface area contributed by atoms with Crippen molar-refractivity contribution in [2.75, 3.05) is 17.8 Å². The van der Waals surface area contributed by atoms with Gasteiger partial charge in [0, 0.05) is 17.6 Å². The minimum Gasteiger partial charge on any atom is -0.271 e. The zero-order chi connectivity index (χ0) is 13.2. The smallest absolute Gasteiger partial charge is 0.271 e. The molecule has 1 aromatic rings. The summed E-state index contributed by atoms with van der Waals surface area (Å²) in [4.78, 5) is 0. The lowest BCUT2D eigenvalue weighted by Crippen LogP contribution is -2.39. The van der Waals surface area contributed by atoms with Crippen molar-refractivity contribution < 1.29 is 8.42 Å². The summed E-state index contributed by atoms with van der Waals surface area (Å²) < 4.78 is 29.5. The van der Waals surface area contributed by atoms with Gasteiger partial charge in [0.2, 0.25) is 0 Å². The highest BCUT2D eigenvalue weighted by molar-refractivity contribution is 9.10. The third kappa shape index (κ3) is 3.24. The minimum absolute atomic E-state index is 0.613. The first-order chi connectivity index (χ1) is 8.49. The predicted molar refractivity (Wildman–Crippen MR) is 76.8 cm³/mol. The van der Waals surface area contributed by atoms with Gasteiger partial charge in [0.1, 0.15) is 0 Å². The number of aryl methyl sites for hydroxylation is 1. The molecule has 6 heteroatoms. The maximum absolute atomic E-state index is 12.2. The second-order valence-electron chi connectivity index (χ2n) is 4.53. The van der Waals surface area contributed by atoms with Crippen molar-refractivity contribution in [2.24, 2.45) is 0 Å². The highest BCUT2D eigenvalue weighted by Gasteiger charge is 2.24. The van der Waals surface area contributed by atoms with E-state index in [9.17, 15) is 8.42 Å². The lowest BCUT2D eigenvalue weighted by Gasteiger charge is -2.26. The summed E-state index contributed by atoms with van der Waals surface area (Å²) in [5.41, 5.74) is 1.55. The maximum Gasteiger partial charge on any atom is 0.301 e. The van der Waals surface area contributed by atoms with Crippen molar-refractivity contribution in [2.45, 2.75) is 26.2 Å². The Kier molecular flexibility index (Phi) is 4.29.